The van der Waals surface area contributed by atoms with Crippen LogP contribution in [0.3, 0.4) is 0 Å². The van der Waals surface area contributed by atoms with Crippen molar-refractivity contribution >= 4 is 35.8 Å². The number of hydrogen-bond donors (Lipinski definition) is 3. The number of para-hydroxylation sites is 2. The molecule has 0 spiro atoms. The number of carbonyl (C=O) groups excluding carboxylic acids is 2. The molecule has 2 amide bonds. The van der Waals surface area contributed by atoms with E-state index in [9.17, 15) is 9.59 Å². The third kappa shape index (κ3) is 11.2. The molecule has 7 nitrogen and oxygen atoms in total. The summed E-state index contributed by atoms with van der Waals surface area (Å²) in [6.07, 6.45) is 2.30. The van der Waals surface area contributed by atoms with E-state index >= 15 is 0 Å². The lowest BCUT2D eigenvalue weighted by Gasteiger charge is -2.25. The summed E-state index contributed by atoms with van der Waals surface area (Å²) < 4.78 is 3.29. The summed E-state index contributed by atoms with van der Waals surface area (Å²) in [5.41, 5.74) is 7.46. The average Bonchev–Trinajstić information content (AvgIpc) is 3.03. The van der Waals surface area contributed by atoms with Crippen LogP contribution >= 0.6 is 12.1 Å². The Morgan fingerprint density at radius 1 is 0.732 bits per heavy atom. The van der Waals surface area contributed by atoms with E-state index in [2.05, 4.69) is 46.2 Å². The number of nitrogens with one attached hydrogen (secondary N) is 3. The standard InChI is InChI=1S/C25H30N4OS.C8H9NO/c1-20(18-21-12-6-3-7-13-21)26-28-31-27-24(19-22-14-8-4-9-15-22)25(30)29(2)23-16-10-5-11-17-23;1-9(7-10)8-5-3-2-4-6-8/h3-17,20,24,26-28H,18-19H2,1-2H3;2-7H,1H3/t20?,24-;/m0./s1. The second kappa shape index (κ2) is 17.7. The summed E-state index contributed by atoms with van der Waals surface area (Å²) >= 11 is 1.30. The molecular formula is C33H39N5O2S. The van der Waals surface area contributed by atoms with E-state index in [1.165, 1.54) is 22.6 Å². The highest BCUT2D eigenvalue weighted by Crippen LogP contribution is 2.15. The minimum Gasteiger partial charge on any atom is -0.318 e. The van der Waals surface area contributed by atoms with Gasteiger partial charge in [0.05, 0.1) is 0 Å². The highest BCUT2D eigenvalue weighted by Gasteiger charge is 2.23. The summed E-state index contributed by atoms with van der Waals surface area (Å²) in [4.78, 5) is 29.8. The molecule has 3 N–H and O–H groups in total. The van der Waals surface area contributed by atoms with Crippen molar-refractivity contribution in [3.63, 3.8) is 0 Å². The average molecular weight is 570 g/mol. The highest BCUT2D eigenvalue weighted by atomic mass is 32.2. The molecule has 0 aliphatic carbocycles. The topological polar surface area (TPSA) is 76.7 Å². The molecule has 0 fully saturated rings. The van der Waals surface area contributed by atoms with Gasteiger partial charge in [-0.15, -0.1) is 0 Å². The van der Waals surface area contributed by atoms with Gasteiger partial charge in [0, 0.05) is 43.6 Å². The molecule has 4 rings (SSSR count). The van der Waals surface area contributed by atoms with Crippen LogP contribution in [0, 0.1) is 0 Å². The fraction of sp³-hybridized carbons (Fsp3) is 0.212. The maximum absolute atomic E-state index is 13.2. The van der Waals surface area contributed by atoms with Crippen LogP contribution in [0.25, 0.3) is 0 Å². The van der Waals surface area contributed by atoms with Crippen molar-refractivity contribution in [1.82, 2.24) is 15.0 Å². The Labute approximate surface area is 248 Å². The summed E-state index contributed by atoms with van der Waals surface area (Å²) in [5.74, 6) is 0.0155. The van der Waals surface area contributed by atoms with Crippen LogP contribution in [0.4, 0.5) is 11.4 Å². The SMILES string of the molecule is CC(Cc1ccccc1)NNSN[C@@H](Cc1ccccc1)C(=O)N(C)c1ccccc1.CN(C=O)c1ccccc1. The van der Waals surface area contributed by atoms with Crippen molar-refractivity contribution in [3.05, 3.63) is 132 Å². The number of rotatable bonds is 13. The van der Waals surface area contributed by atoms with Gasteiger partial charge in [0.15, 0.2) is 0 Å². The van der Waals surface area contributed by atoms with Gasteiger partial charge in [0.1, 0.15) is 6.04 Å². The quantitative estimate of drug-likeness (QED) is 0.0864. The van der Waals surface area contributed by atoms with E-state index in [-0.39, 0.29) is 18.0 Å². The number of carbonyl (C=O) groups is 2. The molecule has 0 saturated heterocycles. The van der Waals surface area contributed by atoms with Crippen molar-refractivity contribution in [2.45, 2.75) is 31.8 Å². The molecule has 0 aliphatic heterocycles. The van der Waals surface area contributed by atoms with E-state index in [0.29, 0.717) is 6.42 Å². The number of likely N-dealkylation sites (N-methyl/N-ethyl adjacent to an activating group) is 1. The van der Waals surface area contributed by atoms with E-state index in [1.54, 1.807) is 11.9 Å². The predicted octanol–water partition coefficient (Wildman–Crippen LogP) is 5.42. The minimum absolute atomic E-state index is 0.0155. The molecule has 2 atom stereocenters. The van der Waals surface area contributed by atoms with Crippen molar-refractivity contribution in [1.29, 1.82) is 0 Å². The fourth-order valence-electron chi connectivity index (χ4n) is 4.02. The van der Waals surface area contributed by atoms with Crippen LogP contribution in [-0.2, 0) is 22.4 Å². The van der Waals surface area contributed by atoms with Gasteiger partial charge in [0.2, 0.25) is 12.3 Å². The van der Waals surface area contributed by atoms with Crippen molar-refractivity contribution in [2.75, 3.05) is 23.9 Å². The first-order valence-electron chi connectivity index (χ1n) is 13.5. The molecule has 0 bridgehead atoms. The molecule has 0 heterocycles. The molecule has 0 aliphatic rings. The maximum Gasteiger partial charge on any atom is 0.245 e. The summed E-state index contributed by atoms with van der Waals surface area (Å²) in [6, 6.07) is 39.5. The van der Waals surface area contributed by atoms with E-state index in [1.807, 2.05) is 104 Å². The van der Waals surface area contributed by atoms with Gasteiger partial charge in [-0.05, 0) is 55.2 Å². The van der Waals surface area contributed by atoms with E-state index in [0.717, 1.165) is 29.8 Å². The van der Waals surface area contributed by atoms with Gasteiger partial charge < -0.3 is 9.80 Å². The number of anilines is 2. The number of benzene rings is 4. The zero-order valence-electron chi connectivity index (χ0n) is 23.8. The molecule has 41 heavy (non-hydrogen) atoms. The van der Waals surface area contributed by atoms with Gasteiger partial charge in [-0.3, -0.25) is 9.59 Å². The molecule has 0 aromatic heterocycles. The zero-order chi connectivity index (χ0) is 29.3. The molecule has 4 aromatic carbocycles. The number of hydrazine groups is 1. The van der Waals surface area contributed by atoms with Gasteiger partial charge in [-0.1, -0.05) is 97.1 Å². The van der Waals surface area contributed by atoms with Gasteiger partial charge in [-0.2, -0.15) is 4.83 Å². The van der Waals surface area contributed by atoms with E-state index in [4.69, 9.17) is 0 Å². The summed E-state index contributed by atoms with van der Waals surface area (Å²) in [5, 5.41) is 0. The minimum atomic E-state index is -0.378. The number of amides is 2. The summed E-state index contributed by atoms with van der Waals surface area (Å²) in [7, 11) is 3.54. The van der Waals surface area contributed by atoms with Crippen molar-refractivity contribution < 1.29 is 9.59 Å². The van der Waals surface area contributed by atoms with Crippen LogP contribution in [0.15, 0.2) is 121 Å². The molecule has 214 valence electrons. The zero-order valence-corrected chi connectivity index (χ0v) is 24.6. The highest BCUT2D eigenvalue weighted by molar-refractivity contribution is 7.95. The Hall–Kier alpha value is -3.95. The predicted molar refractivity (Wildman–Crippen MR) is 171 cm³/mol. The molecule has 4 aromatic rings. The second-order valence-corrected chi connectivity index (χ2v) is 10.2. The lowest BCUT2D eigenvalue weighted by Crippen LogP contribution is -2.46. The van der Waals surface area contributed by atoms with Gasteiger partial charge in [0.25, 0.3) is 0 Å². The van der Waals surface area contributed by atoms with Crippen LogP contribution in [0.1, 0.15) is 18.1 Å². The van der Waals surface area contributed by atoms with Gasteiger partial charge in [-0.25, -0.2) is 10.1 Å². The molecule has 0 radical (unpaired) electrons. The Balaban J connectivity index is 0.000000389. The number of hydrogen-bond acceptors (Lipinski definition) is 6. The van der Waals surface area contributed by atoms with Crippen LogP contribution < -0.4 is 24.8 Å². The first kappa shape index (κ1) is 31.6. The Kier molecular flexibility index (Phi) is 13.6. The first-order valence-corrected chi connectivity index (χ1v) is 14.3. The molecular weight excluding hydrogens is 530 g/mol. The smallest absolute Gasteiger partial charge is 0.245 e. The lowest BCUT2D eigenvalue weighted by atomic mass is 10.1. The van der Waals surface area contributed by atoms with Gasteiger partial charge >= 0.3 is 0 Å². The number of nitrogens with zero attached hydrogens (tertiary/aromatic N) is 2. The lowest BCUT2D eigenvalue weighted by molar-refractivity contribution is -0.119. The van der Waals surface area contributed by atoms with Crippen LogP contribution in [0.2, 0.25) is 0 Å². The fourth-order valence-corrected chi connectivity index (χ4v) is 4.66. The van der Waals surface area contributed by atoms with Crippen molar-refractivity contribution in [2.24, 2.45) is 0 Å². The first-order chi connectivity index (χ1) is 20.0. The molecule has 0 saturated carbocycles. The van der Waals surface area contributed by atoms with Crippen LogP contribution in [0.5, 0.6) is 0 Å². The monoisotopic (exact) mass is 569 g/mol. The third-order valence-electron chi connectivity index (χ3n) is 6.32. The normalized spacial score (nSPS) is 11.9. The Morgan fingerprint density at radius 3 is 1.71 bits per heavy atom. The Bertz CT molecular complexity index is 1280. The Morgan fingerprint density at radius 2 is 1.20 bits per heavy atom. The largest absolute Gasteiger partial charge is 0.318 e. The maximum atomic E-state index is 13.2. The summed E-state index contributed by atoms with van der Waals surface area (Å²) in [6.45, 7) is 2.12. The second-order valence-electron chi connectivity index (χ2n) is 9.58. The molecule has 8 heteroatoms. The third-order valence-corrected chi connectivity index (χ3v) is 6.94. The van der Waals surface area contributed by atoms with Crippen LogP contribution in [-0.4, -0.2) is 38.5 Å². The van der Waals surface area contributed by atoms with E-state index < -0.39 is 0 Å². The molecule has 1 unspecified atom stereocenters. The van der Waals surface area contributed by atoms with Crippen molar-refractivity contribution in [3.8, 4) is 0 Å².